The molecule has 3 N–H and O–H groups in total. The van der Waals surface area contributed by atoms with Gasteiger partial charge in [0.2, 0.25) is 0 Å². The zero-order valence-corrected chi connectivity index (χ0v) is 11.8. The molecule has 1 aromatic heterocycles. The summed E-state index contributed by atoms with van der Waals surface area (Å²) in [7, 11) is 0. The van der Waals surface area contributed by atoms with Gasteiger partial charge in [-0.15, -0.1) is 0 Å². The highest BCUT2D eigenvalue weighted by atomic mass is 35.5. The number of anilines is 1. The molecule has 0 aliphatic carbocycles. The number of carboxylic acid groups (broad SMARTS) is 1. The quantitative estimate of drug-likeness (QED) is 0.809. The Morgan fingerprint density at radius 1 is 1.30 bits per heavy atom. The van der Waals surface area contributed by atoms with Crippen LogP contribution in [-0.4, -0.2) is 17.1 Å². The lowest BCUT2D eigenvalue weighted by Crippen LogP contribution is -2.28. The summed E-state index contributed by atoms with van der Waals surface area (Å²) in [6, 6.07) is 5.64. The number of carbonyl (C=O) groups is 2. The van der Waals surface area contributed by atoms with Gasteiger partial charge in [-0.1, -0.05) is 11.6 Å². The average Bonchev–Trinajstić information content (AvgIpc) is 2.88. The summed E-state index contributed by atoms with van der Waals surface area (Å²) >= 11 is 7.35. The molecule has 104 valence electrons. The molecule has 0 bridgehead atoms. The largest absolute Gasteiger partial charge is 0.478 e. The summed E-state index contributed by atoms with van der Waals surface area (Å²) in [6.45, 7) is 0.404. The monoisotopic (exact) mass is 310 g/mol. The molecule has 0 aliphatic heterocycles. The smallest absolute Gasteiger partial charge is 0.335 e. The van der Waals surface area contributed by atoms with Gasteiger partial charge >= 0.3 is 12.0 Å². The summed E-state index contributed by atoms with van der Waals surface area (Å²) in [5.74, 6) is -1.10. The number of benzene rings is 1. The number of hydrogen-bond acceptors (Lipinski definition) is 3. The Morgan fingerprint density at radius 3 is 2.75 bits per heavy atom. The fraction of sp³-hybridized carbons (Fsp3) is 0.0769. The van der Waals surface area contributed by atoms with Crippen molar-refractivity contribution < 1.29 is 14.7 Å². The zero-order valence-electron chi connectivity index (χ0n) is 10.2. The SMILES string of the molecule is O=C(NCc1ccsc1)Nc1cc(Cl)cc(C(=O)O)c1. The van der Waals surface area contributed by atoms with Crippen LogP contribution < -0.4 is 10.6 Å². The van der Waals surface area contributed by atoms with Crippen molar-refractivity contribution in [1.29, 1.82) is 0 Å². The molecule has 0 saturated heterocycles. The number of carbonyl (C=O) groups excluding carboxylic acids is 1. The Balaban J connectivity index is 1.98. The molecule has 0 fully saturated rings. The van der Waals surface area contributed by atoms with Crippen molar-refractivity contribution in [2.75, 3.05) is 5.32 Å². The van der Waals surface area contributed by atoms with E-state index in [2.05, 4.69) is 10.6 Å². The molecule has 5 nitrogen and oxygen atoms in total. The minimum Gasteiger partial charge on any atom is -0.478 e. The normalized spacial score (nSPS) is 10.1. The maximum Gasteiger partial charge on any atom is 0.335 e. The number of carboxylic acids is 1. The molecular formula is C13H11ClN2O3S. The van der Waals surface area contributed by atoms with Crippen molar-refractivity contribution in [3.05, 3.63) is 51.2 Å². The topological polar surface area (TPSA) is 78.4 Å². The first-order chi connectivity index (χ1) is 9.54. The predicted octanol–water partition coefficient (Wildman–Crippen LogP) is 3.42. The van der Waals surface area contributed by atoms with Crippen molar-refractivity contribution >= 4 is 40.6 Å². The van der Waals surface area contributed by atoms with E-state index in [0.717, 1.165) is 5.56 Å². The van der Waals surface area contributed by atoms with E-state index in [-0.39, 0.29) is 10.6 Å². The van der Waals surface area contributed by atoms with Gasteiger partial charge < -0.3 is 15.7 Å². The highest BCUT2D eigenvalue weighted by molar-refractivity contribution is 7.07. The molecule has 0 spiro atoms. The van der Waals surface area contributed by atoms with Gasteiger partial charge in [-0.05, 0) is 40.6 Å². The van der Waals surface area contributed by atoms with Gasteiger partial charge in [-0.2, -0.15) is 11.3 Å². The standard InChI is InChI=1S/C13H11ClN2O3S/c14-10-3-9(12(17)18)4-11(5-10)16-13(19)15-6-8-1-2-20-7-8/h1-5,7H,6H2,(H,17,18)(H2,15,16,19). The average molecular weight is 311 g/mol. The number of urea groups is 1. The van der Waals surface area contributed by atoms with Crippen LogP contribution in [0.5, 0.6) is 0 Å². The fourth-order valence-corrected chi connectivity index (χ4v) is 2.44. The van der Waals surface area contributed by atoms with Crippen LogP contribution in [0.2, 0.25) is 5.02 Å². The number of amides is 2. The lowest BCUT2D eigenvalue weighted by Gasteiger charge is -2.08. The Labute approximate surface area is 124 Å². The summed E-state index contributed by atoms with van der Waals surface area (Å²) in [4.78, 5) is 22.6. The van der Waals surface area contributed by atoms with Gasteiger partial charge in [-0.25, -0.2) is 9.59 Å². The van der Waals surface area contributed by atoms with Crippen molar-refractivity contribution in [3.8, 4) is 0 Å². The number of nitrogens with one attached hydrogen (secondary N) is 2. The second kappa shape index (κ2) is 6.40. The molecule has 0 atom stereocenters. The van der Waals surface area contributed by atoms with Crippen molar-refractivity contribution in [2.45, 2.75) is 6.54 Å². The number of aromatic carboxylic acids is 1. The Hall–Kier alpha value is -2.05. The Bertz CT molecular complexity index is 629. The van der Waals surface area contributed by atoms with Crippen LogP contribution >= 0.6 is 22.9 Å². The summed E-state index contributed by atoms with van der Waals surface area (Å²) in [5.41, 5.74) is 1.35. The maximum absolute atomic E-state index is 11.7. The van der Waals surface area contributed by atoms with E-state index in [1.807, 2.05) is 16.8 Å². The molecule has 2 amide bonds. The van der Waals surface area contributed by atoms with Gasteiger partial charge in [0.25, 0.3) is 0 Å². The van der Waals surface area contributed by atoms with E-state index in [0.29, 0.717) is 12.2 Å². The molecule has 1 aromatic carbocycles. The predicted molar refractivity (Wildman–Crippen MR) is 78.6 cm³/mol. The molecule has 0 radical (unpaired) electrons. The molecule has 2 rings (SSSR count). The number of rotatable bonds is 4. The van der Waals surface area contributed by atoms with Crippen LogP contribution in [-0.2, 0) is 6.54 Å². The van der Waals surface area contributed by atoms with E-state index in [1.165, 1.54) is 18.2 Å². The number of thiophene rings is 1. The van der Waals surface area contributed by atoms with Crippen molar-refractivity contribution in [2.24, 2.45) is 0 Å². The number of halogens is 1. The minimum atomic E-state index is -1.10. The molecular weight excluding hydrogens is 300 g/mol. The van der Waals surface area contributed by atoms with Gasteiger partial charge in [-0.3, -0.25) is 0 Å². The molecule has 0 aliphatic rings. The maximum atomic E-state index is 11.7. The minimum absolute atomic E-state index is 0.0191. The molecule has 1 heterocycles. The van der Waals surface area contributed by atoms with Crippen LogP contribution in [0.25, 0.3) is 0 Å². The van der Waals surface area contributed by atoms with E-state index >= 15 is 0 Å². The van der Waals surface area contributed by atoms with Crippen LogP contribution in [0.4, 0.5) is 10.5 Å². The lowest BCUT2D eigenvalue weighted by atomic mass is 10.2. The van der Waals surface area contributed by atoms with E-state index < -0.39 is 12.0 Å². The lowest BCUT2D eigenvalue weighted by molar-refractivity contribution is 0.0697. The van der Waals surface area contributed by atoms with Gasteiger partial charge in [0.15, 0.2) is 0 Å². The second-order valence-corrected chi connectivity index (χ2v) is 5.19. The first-order valence-corrected chi connectivity index (χ1v) is 6.96. The summed E-state index contributed by atoms with van der Waals surface area (Å²) in [5, 5.41) is 18.2. The third-order valence-electron chi connectivity index (χ3n) is 2.44. The van der Waals surface area contributed by atoms with Crippen molar-refractivity contribution in [3.63, 3.8) is 0 Å². The first-order valence-electron chi connectivity index (χ1n) is 5.64. The van der Waals surface area contributed by atoms with Crippen molar-refractivity contribution in [1.82, 2.24) is 5.32 Å². The second-order valence-electron chi connectivity index (χ2n) is 3.97. The van der Waals surface area contributed by atoms with E-state index in [4.69, 9.17) is 16.7 Å². The first kappa shape index (κ1) is 14.4. The van der Waals surface area contributed by atoms with E-state index in [9.17, 15) is 9.59 Å². The van der Waals surface area contributed by atoms with E-state index in [1.54, 1.807) is 11.3 Å². The third-order valence-corrected chi connectivity index (χ3v) is 3.39. The third kappa shape index (κ3) is 3.97. The van der Waals surface area contributed by atoms with Gasteiger partial charge in [0.05, 0.1) is 5.56 Å². The Kier molecular flexibility index (Phi) is 4.60. The molecule has 0 saturated carbocycles. The summed E-state index contributed by atoms with van der Waals surface area (Å²) < 4.78 is 0. The molecule has 20 heavy (non-hydrogen) atoms. The van der Waals surface area contributed by atoms with Gasteiger partial charge in [0.1, 0.15) is 0 Å². The highest BCUT2D eigenvalue weighted by Gasteiger charge is 2.08. The zero-order chi connectivity index (χ0) is 14.5. The Morgan fingerprint density at radius 2 is 2.10 bits per heavy atom. The fourth-order valence-electron chi connectivity index (χ4n) is 1.54. The molecule has 0 unspecified atom stereocenters. The summed E-state index contributed by atoms with van der Waals surface area (Å²) in [6.07, 6.45) is 0. The number of hydrogen-bond donors (Lipinski definition) is 3. The van der Waals surface area contributed by atoms with Crippen LogP contribution in [0.3, 0.4) is 0 Å². The molecule has 2 aromatic rings. The highest BCUT2D eigenvalue weighted by Crippen LogP contribution is 2.19. The van der Waals surface area contributed by atoms with Gasteiger partial charge in [0, 0.05) is 17.3 Å². The van der Waals surface area contributed by atoms with Crippen LogP contribution in [0, 0.1) is 0 Å². The molecule has 7 heteroatoms. The van der Waals surface area contributed by atoms with Crippen LogP contribution in [0.1, 0.15) is 15.9 Å². The van der Waals surface area contributed by atoms with Crippen LogP contribution in [0.15, 0.2) is 35.0 Å².